The number of nitrogens with one attached hydrogen (secondary N) is 1. The first kappa shape index (κ1) is 30.4. The summed E-state index contributed by atoms with van der Waals surface area (Å²) >= 11 is 3.42. The molecule has 3 rings (SSSR count). The van der Waals surface area contributed by atoms with Crippen molar-refractivity contribution in [1.82, 2.24) is 10.2 Å². The molecule has 0 saturated heterocycles. The molecule has 2 atom stereocenters. The Morgan fingerprint density at radius 1 is 0.923 bits per heavy atom. The van der Waals surface area contributed by atoms with Gasteiger partial charge in [-0.15, -0.1) is 0 Å². The van der Waals surface area contributed by atoms with Crippen molar-refractivity contribution in [2.45, 2.75) is 64.6 Å². The highest BCUT2D eigenvalue weighted by molar-refractivity contribution is 9.10. The zero-order valence-corrected chi connectivity index (χ0v) is 25.4. The molecule has 9 heteroatoms. The topological polar surface area (TPSA) is 86.8 Å². The molecule has 0 fully saturated rings. The van der Waals surface area contributed by atoms with E-state index in [9.17, 15) is 18.0 Å². The quantitative estimate of drug-likeness (QED) is 0.305. The Hall–Kier alpha value is -3.17. The van der Waals surface area contributed by atoms with Crippen LogP contribution in [0.4, 0.5) is 5.69 Å². The van der Waals surface area contributed by atoms with Crippen LogP contribution in [0.1, 0.15) is 43.9 Å². The molecule has 7 nitrogen and oxygen atoms in total. The average Bonchev–Trinajstić information content (AvgIpc) is 2.92. The van der Waals surface area contributed by atoms with Crippen molar-refractivity contribution in [3.05, 3.63) is 94.0 Å². The third-order valence-corrected chi connectivity index (χ3v) is 9.14. The molecule has 0 saturated carbocycles. The maximum atomic E-state index is 14.0. The number of aryl methyl sites for hydroxylation is 2. The van der Waals surface area contributed by atoms with Gasteiger partial charge < -0.3 is 10.2 Å². The second kappa shape index (κ2) is 13.3. The van der Waals surface area contributed by atoms with Crippen LogP contribution in [0, 0.1) is 13.8 Å². The molecule has 0 unspecified atom stereocenters. The lowest BCUT2D eigenvalue weighted by molar-refractivity contribution is -0.139. The lowest BCUT2D eigenvalue weighted by atomic mass is 10.1. The van der Waals surface area contributed by atoms with Gasteiger partial charge in [-0.25, -0.2) is 8.42 Å². The molecule has 3 aromatic carbocycles. The predicted molar refractivity (Wildman–Crippen MR) is 159 cm³/mol. The molecule has 0 heterocycles. The summed E-state index contributed by atoms with van der Waals surface area (Å²) in [4.78, 5) is 28.6. The van der Waals surface area contributed by atoms with Crippen LogP contribution in [0.15, 0.2) is 82.2 Å². The number of rotatable bonds is 11. The first-order valence-corrected chi connectivity index (χ1v) is 15.2. The summed E-state index contributed by atoms with van der Waals surface area (Å²) in [6.07, 6.45) is 0.745. The maximum Gasteiger partial charge on any atom is 0.264 e. The molecule has 39 heavy (non-hydrogen) atoms. The van der Waals surface area contributed by atoms with E-state index < -0.39 is 28.5 Å². The molecule has 0 bridgehead atoms. The van der Waals surface area contributed by atoms with E-state index in [0.29, 0.717) is 5.69 Å². The van der Waals surface area contributed by atoms with Crippen molar-refractivity contribution in [2.24, 2.45) is 0 Å². The van der Waals surface area contributed by atoms with E-state index in [-0.39, 0.29) is 23.4 Å². The smallest absolute Gasteiger partial charge is 0.264 e. The maximum absolute atomic E-state index is 14.0. The van der Waals surface area contributed by atoms with Gasteiger partial charge in [0.1, 0.15) is 12.6 Å². The number of carbonyl (C=O) groups excluding carboxylic acids is 2. The minimum atomic E-state index is -4.08. The predicted octanol–water partition coefficient (Wildman–Crippen LogP) is 5.59. The standard InChI is InChI=1S/C30H36BrN3O4S/c1-6-23(4)32-30(36)24(5)33(19-25-13-15-26(31)16-14-25)29(35)20-34(27-17-12-21(2)22(3)18-27)39(37,38)28-10-8-7-9-11-28/h7-18,23-24H,6,19-20H2,1-5H3,(H,32,36)/t23-,24+/m1/s1. The molecular weight excluding hydrogens is 578 g/mol. The van der Waals surface area contributed by atoms with Gasteiger partial charge in [0.15, 0.2) is 0 Å². The van der Waals surface area contributed by atoms with Crippen molar-refractivity contribution >= 4 is 43.5 Å². The number of nitrogens with zero attached hydrogens (tertiary/aromatic N) is 2. The summed E-state index contributed by atoms with van der Waals surface area (Å²) in [5.74, 6) is -0.777. The van der Waals surface area contributed by atoms with Gasteiger partial charge in [0.25, 0.3) is 10.0 Å². The van der Waals surface area contributed by atoms with E-state index in [4.69, 9.17) is 0 Å². The summed E-state index contributed by atoms with van der Waals surface area (Å²) < 4.78 is 29.7. The van der Waals surface area contributed by atoms with E-state index in [2.05, 4.69) is 21.2 Å². The number of hydrogen-bond acceptors (Lipinski definition) is 4. The van der Waals surface area contributed by atoms with Gasteiger partial charge in [-0.05, 0) is 87.2 Å². The van der Waals surface area contributed by atoms with Crippen molar-refractivity contribution in [3.63, 3.8) is 0 Å². The first-order chi connectivity index (χ1) is 18.4. The Labute approximate surface area is 240 Å². The van der Waals surface area contributed by atoms with Crippen molar-refractivity contribution in [2.75, 3.05) is 10.8 Å². The highest BCUT2D eigenvalue weighted by Gasteiger charge is 2.32. The summed E-state index contributed by atoms with van der Waals surface area (Å²) in [5, 5.41) is 2.94. The molecule has 0 aliphatic carbocycles. The fourth-order valence-electron chi connectivity index (χ4n) is 3.96. The van der Waals surface area contributed by atoms with E-state index in [1.54, 1.807) is 37.3 Å². The number of anilines is 1. The molecule has 0 radical (unpaired) electrons. The van der Waals surface area contributed by atoms with E-state index in [1.165, 1.54) is 17.0 Å². The van der Waals surface area contributed by atoms with Crippen LogP contribution in [0.5, 0.6) is 0 Å². The van der Waals surface area contributed by atoms with Crippen molar-refractivity contribution < 1.29 is 18.0 Å². The van der Waals surface area contributed by atoms with Crippen LogP contribution in [0.2, 0.25) is 0 Å². The number of sulfonamides is 1. The number of hydrogen-bond donors (Lipinski definition) is 1. The molecule has 208 valence electrons. The molecule has 0 aliphatic rings. The van der Waals surface area contributed by atoms with Crippen LogP contribution in [-0.2, 0) is 26.2 Å². The third-order valence-electron chi connectivity index (χ3n) is 6.82. The SMILES string of the molecule is CC[C@@H](C)NC(=O)[C@H](C)N(Cc1ccc(Br)cc1)C(=O)CN(c1ccc(C)c(C)c1)S(=O)(=O)c1ccccc1. The van der Waals surface area contributed by atoms with Crippen LogP contribution < -0.4 is 9.62 Å². The van der Waals surface area contributed by atoms with Crippen LogP contribution in [0.25, 0.3) is 0 Å². The lowest BCUT2D eigenvalue weighted by Gasteiger charge is -2.32. The van der Waals surface area contributed by atoms with Crippen LogP contribution >= 0.6 is 15.9 Å². The highest BCUT2D eigenvalue weighted by atomic mass is 79.9. The largest absolute Gasteiger partial charge is 0.352 e. The monoisotopic (exact) mass is 613 g/mol. The van der Waals surface area contributed by atoms with Gasteiger partial charge in [0, 0.05) is 17.1 Å². The highest BCUT2D eigenvalue weighted by Crippen LogP contribution is 2.26. The molecule has 0 spiro atoms. The summed E-state index contributed by atoms with van der Waals surface area (Å²) in [6, 6.07) is 19.9. The zero-order chi connectivity index (χ0) is 28.7. The van der Waals surface area contributed by atoms with E-state index in [1.807, 2.05) is 58.0 Å². The van der Waals surface area contributed by atoms with E-state index >= 15 is 0 Å². The Morgan fingerprint density at radius 2 is 1.56 bits per heavy atom. The van der Waals surface area contributed by atoms with Crippen molar-refractivity contribution in [3.8, 4) is 0 Å². The molecular formula is C30H36BrN3O4S. The third kappa shape index (κ3) is 7.70. The Balaban J connectivity index is 2.03. The number of amides is 2. The lowest BCUT2D eigenvalue weighted by Crippen LogP contribution is -2.52. The van der Waals surface area contributed by atoms with Gasteiger partial charge in [-0.3, -0.25) is 13.9 Å². The first-order valence-electron chi connectivity index (χ1n) is 12.9. The molecule has 3 aromatic rings. The number of benzene rings is 3. The summed E-state index contributed by atoms with van der Waals surface area (Å²) in [7, 11) is -4.08. The molecule has 0 aliphatic heterocycles. The average molecular weight is 615 g/mol. The Bertz CT molecular complexity index is 1400. The second-order valence-corrected chi connectivity index (χ2v) is 12.5. The molecule has 0 aromatic heterocycles. The Kier molecular flexibility index (Phi) is 10.3. The molecule has 1 N–H and O–H groups in total. The van der Waals surface area contributed by atoms with Crippen LogP contribution in [-0.4, -0.2) is 43.8 Å². The fraction of sp³-hybridized carbons (Fsp3) is 0.333. The number of carbonyl (C=O) groups is 2. The van der Waals surface area contributed by atoms with Gasteiger partial charge in [-0.1, -0.05) is 59.3 Å². The summed E-state index contributed by atoms with van der Waals surface area (Å²) in [5.41, 5.74) is 3.12. The van der Waals surface area contributed by atoms with Gasteiger partial charge in [0.05, 0.1) is 10.6 Å². The molecule has 2 amide bonds. The number of halogens is 1. The minimum Gasteiger partial charge on any atom is -0.352 e. The summed E-state index contributed by atoms with van der Waals surface area (Å²) in [6.45, 7) is 9.06. The zero-order valence-electron chi connectivity index (χ0n) is 23.0. The Morgan fingerprint density at radius 3 is 2.15 bits per heavy atom. The van der Waals surface area contributed by atoms with E-state index in [0.717, 1.165) is 31.9 Å². The minimum absolute atomic E-state index is 0.0601. The van der Waals surface area contributed by atoms with Gasteiger partial charge in [0.2, 0.25) is 11.8 Å². The van der Waals surface area contributed by atoms with Gasteiger partial charge >= 0.3 is 0 Å². The fourth-order valence-corrected chi connectivity index (χ4v) is 5.66. The van der Waals surface area contributed by atoms with Crippen LogP contribution in [0.3, 0.4) is 0 Å². The van der Waals surface area contributed by atoms with Crippen molar-refractivity contribution in [1.29, 1.82) is 0 Å². The normalized spacial score (nSPS) is 12.9. The second-order valence-electron chi connectivity index (χ2n) is 9.74. The van der Waals surface area contributed by atoms with Gasteiger partial charge in [-0.2, -0.15) is 0 Å².